The number of fused-ring (bicyclic) bond motifs is 1. The van der Waals surface area contributed by atoms with Crippen LogP contribution in [0.1, 0.15) is 27.1 Å². The summed E-state index contributed by atoms with van der Waals surface area (Å²) in [7, 11) is 1.66. The molecule has 1 fully saturated rings. The number of halogens is 1. The standard InChI is InChI=1S/C29H28FN3O3/c1-36-24-12-10-23(11-13-24)32-18-16-31(17-19-32)15-14-28(34)26-20-33(27-5-3-2-4-25(26)27)29(35)21-6-8-22(30)9-7-21/h2-13,20H,14-19H2,1H3. The normalized spacial score (nSPS) is 14.2. The van der Waals surface area contributed by atoms with E-state index in [4.69, 9.17) is 4.74 Å². The molecular formula is C29H28FN3O3. The summed E-state index contributed by atoms with van der Waals surface area (Å²) in [6, 6.07) is 20.9. The van der Waals surface area contributed by atoms with E-state index in [9.17, 15) is 14.0 Å². The first kappa shape index (κ1) is 23.8. The molecule has 0 bridgehead atoms. The predicted octanol–water partition coefficient (Wildman–Crippen LogP) is 4.87. The van der Waals surface area contributed by atoms with Gasteiger partial charge in [0.2, 0.25) is 0 Å². The van der Waals surface area contributed by atoms with Crippen LogP contribution in [-0.4, -0.2) is 61.0 Å². The minimum absolute atomic E-state index is 0.00874. The summed E-state index contributed by atoms with van der Waals surface area (Å²) in [4.78, 5) is 31.0. The fourth-order valence-corrected chi connectivity index (χ4v) is 4.72. The average molecular weight is 486 g/mol. The molecule has 0 radical (unpaired) electrons. The molecule has 7 heteroatoms. The smallest absolute Gasteiger partial charge is 0.262 e. The number of rotatable bonds is 7. The van der Waals surface area contributed by atoms with Gasteiger partial charge < -0.3 is 9.64 Å². The Bertz CT molecular complexity index is 1370. The molecule has 0 aliphatic carbocycles. The Kier molecular flexibility index (Phi) is 6.82. The Morgan fingerprint density at radius 2 is 1.58 bits per heavy atom. The number of hydrogen-bond donors (Lipinski definition) is 0. The molecule has 0 unspecified atom stereocenters. The van der Waals surface area contributed by atoms with Crippen molar-refractivity contribution in [3.8, 4) is 5.75 Å². The number of anilines is 1. The van der Waals surface area contributed by atoms with Gasteiger partial charge in [0, 0.05) is 67.5 Å². The van der Waals surface area contributed by atoms with Gasteiger partial charge in [0.1, 0.15) is 11.6 Å². The number of benzene rings is 3. The van der Waals surface area contributed by atoms with E-state index in [-0.39, 0.29) is 11.7 Å². The van der Waals surface area contributed by atoms with Crippen molar-refractivity contribution in [1.82, 2.24) is 9.47 Å². The predicted molar refractivity (Wildman–Crippen MR) is 139 cm³/mol. The van der Waals surface area contributed by atoms with Crippen LogP contribution in [0.4, 0.5) is 10.1 Å². The van der Waals surface area contributed by atoms with Crippen molar-refractivity contribution in [2.24, 2.45) is 0 Å². The fourth-order valence-electron chi connectivity index (χ4n) is 4.72. The lowest BCUT2D eigenvalue weighted by molar-refractivity contribution is 0.0963. The van der Waals surface area contributed by atoms with E-state index < -0.39 is 5.82 Å². The summed E-state index contributed by atoms with van der Waals surface area (Å²) in [5, 5.41) is 0.752. The second kappa shape index (κ2) is 10.3. The zero-order valence-corrected chi connectivity index (χ0v) is 20.2. The number of ketones is 1. The summed E-state index contributed by atoms with van der Waals surface area (Å²) in [6.07, 6.45) is 2.00. The molecule has 184 valence electrons. The van der Waals surface area contributed by atoms with Crippen LogP contribution in [0.3, 0.4) is 0 Å². The van der Waals surface area contributed by atoms with Gasteiger partial charge in [-0.05, 0) is 54.6 Å². The third kappa shape index (κ3) is 4.88. The molecule has 5 rings (SSSR count). The number of Topliss-reactive ketones (excluding diaryl/α,β-unsaturated/α-hetero) is 1. The highest BCUT2D eigenvalue weighted by Gasteiger charge is 2.22. The second-order valence-corrected chi connectivity index (χ2v) is 8.94. The van der Waals surface area contributed by atoms with E-state index in [1.165, 1.54) is 34.5 Å². The maximum Gasteiger partial charge on any atom is 0.262 e. The molecule has 0 atom stereocenters. The monoisotopic (exact) mass is 485 g/mol. The zero-order chi connectivity index (χ0) is 25.1. The lowest BCUT2D eigenvalue weighted by Gasteiger charge is -2.36. The number of piperazine rings is 1. The van der Waals surface area contributed by atoms with Crippen molar-refractivity contribution < 1.29 is 18.7 Å². The molecule has 0 saturated carbocycles. The summed E-state index contributed by atoms with van der Waals surface area (Å²) in [5.74, 6) is 0.163. The Morgan fingerprint density at radius 1 is 0.889 bits per heavy atom. The number of carbonyl (C=O) groups excluding carboxylic acids is 2. The van der Waals surface area contributed by atoms with Gasteiger partial charge in [0.05, 0.1) is 12.6 Å². The molecule has 3 aromatic carbocycles. The van der Waals surface area contributed by atoms with Crippen LogP contribution >= 0.6 is 0 Å². The summed E-state index contributed by atoms with van der Waals surface area (Å²) in [5.41, 5.74) is 2.75. The highest BCUT2D eigenvalue weighted by Crippen LogP contribution is 2.25. The molecule has 1 saturated heterocycles. The Balaban J connectivity index is 1.24. The highest BCUT2D eigenvalue weighted by molar-refractivity contribution is 6.12. The first-order valence-corrected chi connectivity index (χ1v) is 12.1. The lowest BCUT2D eigenvalue weighted by atomic mass is 10.1. The van der Waals surface area contributed by atoms with E-state index in [1.807, 2.05) is 36.4 Å². The molecule has 2 heterocycles. The van der Waals surface area contributed by atoms with Gasteiger partial charge in [0.15, 0.2) is 5.78 Å². The summed E-state index contributed by atoms with van der Waals surface area (Å²) in [6.45, 7) is 4.22. The van der Waals surface area contributed by atoms with Gasteiger partial charge in [-0.25, -0.2) is 4.39 Å². The van der Waals surface area contributed by atoms with E-state index in [0.717, 1.165) is 37.3 Å². The molecule has 4 aromatic rings. The number of para-hydroxylation sites is 1. The maximum absolute atomic E-state index is 13.3. The highest BCUT2D eigenvalue weighted by atomic mass is 19.1. The summed E-state index contributed by atoms with van der Waals surface area (Å²) < 4.78 is 20.0. The molecule has 6 nitrogen and oxygen atoms in total. The zero-order valence-electron chi connectivity index (χ0n) is 20.2. The van der Waals surface area contributed by atoms with Crippen molar-refractivity contribution >= 4 is 28.3 Å². The minimum Gasteiger partial charge on any atom is -0.497 e. The van der Waals surface area contributed by atoms with Crippen LogP contribution in [-0.2, 0) is 0 Å². The molecule has 0 amide bonds. The minimum atomic E-state index is -0.399. The van der Waals surface area contributed by atoms with E-state index >= 15 is 0 Å². The molecule has 0 spiro atoms. The lowest BCUT2D eigenvalue weighted by Crippen LogP contribution is -2.46. The number of nitrogens with zero attached hydrogens (tertiary/aromatic N) is 3. The van der Waals surface area contributed by atoms with Crippen molar-refractivity contribution in [3.63, 3.8) is 0 Å². The Morgan fingerprint density at radius 3 is 2.28 bits per heavy atom. The number of methoxy groups -OCH3 is 1. The average Bonchev–Trinajstić information content (AvgIpc) is 3.32. The van der Waals surface area contributed by atoms with Crippen molar-refractivity contribution in [2.75, 3.05) is 44.7 Å². The number of ether oxygens (including phenoxy) is 1. The quantitative estimate of drug-likeness (QED) is 0.350. The SMILES string of the molecule is COc1ccc(N2CCN(CCC(=O)c3cn(C(=O)c4ccc(F)cc4)c4ccccc34)CC2)cc1. The fraction of sp³-hybridized carbons (Fsp3) is 0.241. The van der Waals surface area contributed by atoms with E-state index in [2.05, 4.69) is 21.9 Å². The Labute approximate surface area is 209 Å². The maximum atomic E-state index is 13.3. The van der Waals surface area contributed by atoms with Gasteiger partial charge in [-0.3, -0.25) is 19.1 Å². The van der Waals surface area contributed by atoms with Gasteiger partial charge in [-0.2, -0.15) is 0 Å². The van der Waals surface area contributed by atoms with Crippen molar-refractivity contribution in [1.29, 1.82) is 0 Å². The topological polar surface area (TPSA) is 54.8 Å². The first-order chi connectivity index (χ1) is 17.5. The third-order valence-electron chi connectivity index (χ3n) is 6.79. The Hall–Kier alpha value is -3.97. The molecule has 1 aliphatic heterocycles. The van der Waals surface area contributed by atoms with Crippen molar-refractivity contribution in [3.05, 3.63) is 95.9 Å². The van der Waals surface area contributed by atoms with Gasteiger partial charge in [-0.15, -0.1) is 0 Å². The van der Waals surface area contributed by atoms with Gasteiger partial charge in [-0.1, -0.05) is 18.2 Å². The summed E-state index contributed by atoms with van der Waals surface area (Å²) >= 11 is 0. The number of hydrogen-bond acceptors (Lipinski definition) is 5. The van der Waals surface area contributed by atoms with Crippen LogP contribution in [0, 0.1) is 5.82 Å². The number of aromatic nitrogens is 1. The van der Waals surface area contributed by atoms with Crippen LogP contribution in [0.15, 0.2) is 79.0 Å². The second-order valence-electron chi connectivity index (χ2n) is 8.94. The number of carbonyl (C=O) groups is 2. The van der Waals surface area contributed by atoms with E-state index in [1.54, 1.807) is 13.3 Å². The van der Waals surface area contributed by atoms with Crippen LogP contribution in [0.2, 0.25) is 0 Å². The van der Waals surface area contributed by atoms with Crippen LogP contribution in [0.5, 0.6) is 5.75 Å². The van der Waals surface area contributed by atoms with Crippen LogP contribution < -0.4 is 9.64 Å². The largest absolute Gasteiger partial charge is 0.497 e. The molecule has 1 aromatic heterocycles. The van der Waals surface area contributed by atoms with Crippen molar-refractivity contribution in [2.45, 2.75) is 6.42 Å². The molecule has 0 N–H and O–H groups in total. The van der Waals surface area contributed by atoms with E-state index in [0.29, 0.717) is 29.6 Å². The van der Waals surface area contributed by atoms with Gasteiger partial charge >= 0.3 is 0 Å². The molecule has 36 heavy (non-hydrogen) atoms. The van der Waals surface area contributed by atoms with Crippen LogP contribution in [0.25, 0.3) is 10.9 Å². The third-order valence-corrected chi connectivity index (χ3v) is 6.79. The molecular weight excluding hydrogens is 457 g/mol. The first-order valence-electron chi connectivity index (χ1n) is 12.1. The molecule has 1 aliphatic rings. The van der Waals surface area contributed by atoms with Gasteiger partial charge in [0.25, 0.3) is 5.91 Å².